The Hall–Kier alpha value is -2.36. The molecule has 4 heteroatoms. The van der Waals surface area contributed by atoms with Crippen LogP contribution in [0, 0.1) is 24.0 Å². The quantitative estimate of drug-likeness (QED) is 0.604. The third kappa shape index (κ3) is 2.48. The van der Waals surface area contributed by atoms with E-state index in [9.17, 15) is 10.1 Å². The molecular weight excluding hydrogens is 230 g/mol. The van der Waals surface area contributed by atoms with Gasteiger partial charge in [-0.25, -0.2) is 0 Å². The lowest BCUT2D eigenvalue weighted by atomic mass is 10.2. The second-order valence-corrected chi connectivity index (χ2v) is 4.10. The summed E-state index contributed by atoms with van der Waals surface area (Å²) in [5, 5.41) is 11.0. The monoisotopic (exact) mass is 243 g/mol. The largest absolute Gasteiger partial charge is 0.450 e. The first-order chi connectivity index (χ1) is 8.58. The van der Waals surface area contributed by atoms with Gasteiger partial charge in [0.15, 0.2) is 0 Å². The van der Waals surface area contributed by atoms with Crippen molar-refractivity contribution < 1.29 is 9.66 Å². The zero-order chi connectivity index (χ0) is 13.1. The van der Waals surface area contributed by atoms with Crippen molar-refractivity contribution in [1.82, 2.24) is 0 Å². The fourth-order valence-corrected chi connectivity index (χ4v) is 1.65. The zero-order valence-corrected chi connectivity index (χ0v) is 10.2. The Balaban J connectivity index is 2.41. The summed E-state index contributed by atoms with van der Waals surface area (Å²) in [5.74, 6) is 0.893. The first-order valence-corrected chi connectivity index (χ1v) is 5.56. The lowest BCUT2D eigenvalue weighted by molar-refractivity contribution is -0.385. The Morgan fingerprint density at radius 2 is 1.78 bits per heavy atom. The second kappa shape index (κ2) is 4.87. The van der Waals surface area contributed by atoms with Gasteiger partial charge in [-0.1, -0.05) is 24.3 Å². The highest BCUT2D eigenvalue weighted by Crippen LogP contribution is 2.33. The molecule has 0 unspecified atom stereocenters. The van der Waals surface area contributed by atoms with Crippen molar-refractivity contribution in [2.45, 2.75) is 13.8 Å². The van der Waals surface area contributed by atoms with E-state index in [2.05, 4.69) is 0 Å². The van der Waals surface area contributed by atoms with Gasteiger partial charge >= 0.3 is 5.69 Å². The average Bonchev–Trinajstić information content (AvgIpc) is 2.34. The summed E-state index contributed by atoms with van der Waals surface area (Å²) < 4.78 is 5.61. The van der Waals surface area contributed by atoms with Gasteiger partial charge in [0.2, 0.25) is 5.75 Å². The molecule has 92 valence electrons. The molecule has 0 spiro atoms. The topological polar surface area (TPSA) is 52.4 Å². The van der Waals surface area contributed by atoms with Gasteiger partial charge in [0.05, 0.1) is 4.92 Å². The number of para-hydroxylation sites is 1. The predicted octanol–water partition coefficient (Wildman–Crippen LogP) is 4.00. The van der Waals surface area contributed by atoms with Crippen LogP contribution in [-0.2, 0) is 0 Å². The van der Waals surface area contributed by atoms with Crippen molar-refractivity contribution in [3.63, 3.8) is 0 Å². The van der Waals surface area contributed by atoms with Crippen LogP contribution in [0.3, 0.4) is 0 Å². The maximum atomic E-state index is 11.0. The minimum absolute atomic E-state index is 0.0155. The van der Waals surface area contributed by atoms with Gasteiger partial charge in [0, 0.05) is 6.07 Å². The average molecular weight is 243 g/mol. The summed E-state index contributed by atoms with van der Waals surface area (Å²) >= 11 is 0. The molecule has 0 saturated heterocycles. The van der Waals surface area contributed by atoms with Crippen molar-refractivity contribution in [3.05, 3.63) is 63.7 Å². The molecule has 4 nitrogen and oxygen atoms in total. The molecule has 0 aliphatic carbocycles. The third-order valence-corrected chi connectivity index (χ3v) is 2.62. The highest BCUT2D eigenvalue weighted by Gasteiger charge is 2.16. The number of rotatable bonds is 3. The third-order valence-electron chi connectivity index (χ3n) is 2.62. The van der Waals surface area contributed by atoms with Crippen molar-refractivity contribution in [2.24, 2.45) is 0 Å². The van der Waals surface area contributed by atoms with E-state index in [1.54, 1.807) is 18.2 Å². The summed E-state index contributed by atoms with van der Waals surface area (Å²) in [6, 6.07) is 12.3. The molecule has 0 aliphatic heterocycles. The van der Waals surface area contributed by atoms with Crippen molar-refractivity contribution in [3.8, 4) is 11.5 Å². The molecule has 0 atom stereocenters. The van der Waals surface area contributed by atoms with Crippen molar-refractivity contribution in [1.29, 1.82) is 0 Å². The molecule has 2 aromatic rings. The molecule has 0 aromatic heterocycles. The first kappa shape index (κ1) is 12.1. The summed E-state index contributed by atoms with van der Waals surface area (Å²) in [7, 11) is 0. The Kier molecular flexibility index (Phi) is 3.28. The second-order valence-electron chi connectivity index (χ2n) is 4.10. The van der Waals surface area contributed by atoms with Crippen LogP contribution >= 0.6 is 0 Å². The maximum Gasteiger partial charge on any atom is 0.311 e. The number of nitro groups is 1. The first-order valence-electron chi connectivity index (χ1n) is 5.56. The Labute approximate surface area is 105 Å². The highest BCUT2D eigenvalue weighted by molar-refractivity contribution is 5.51. The van der Waals surface area contributed by atoms with Crippen LogP contribution in [0.4, 0.5) is 5.69 Å². The molecule has 0 heterocycles. The molecule has 2 rings (SSSR count). The van der Waals surface area contributed by atoms with Gasteiger partial charge in [0.1, 0.15) is 5.75 Å². The number of nitrogens with zero attached hydrogens (tertiary/aromatic N) is 1. The van der Waals surface area contributed by atoms with E-state index in [0.717, 1.165) is 11.1 Å². The van der Waals surface area contributed by atoms with Crippen LogP contribution in [0.5, 0.6) is 11.5 Å². The minimum atomic E-state index is -0.430. The van der Waals surface area contributed by atoms with Crippen LogP contribution in [0.15, 0.2) is 42.5 Å². The smallest absolute Gasteiger partial charge is 0.311 e. The SMILES string of the molecule is Cc1ccc(Oc2ccccc2C)c([N+](=O)[O-])c1. The highest BCUT2D eigenvalue weighted by atomic mass is 16.6. The molecule has 0 bridgehead atoms. The molecule has 0 fully saturated rings. The summed E-state index contributed by atoms with van der Waals surface area (Å²) in [6.07, 6.45) is 0. The van der Waals surface area contributed by atoms with Crippen LogP contribution in [0.1, 0.15) is 11.1 Å². The van der Waals surface area contributed by atoms with E-state index in [0.29, 0.717) is 5.75 Å². The zero-order valence-electron chi connectivity index (χ0n) is 10.2. The number of hydrogen-bond donors (Lipinski definition) is 0. The van der Waals surface area contributed by atoms with Gasteiger partial charge in [-0.15, -0.1) is 0 Å². The fraction of sp³-hybridized carbons (Fsp3) is 0.143. The molecular formula is C14H13NO3. The van der Waals surface area contributed by atoms with Crippen molar-refractivity contribution in [2.75, 3.05) is 0 Å². The van der Waals surface area contributed by atoms with Gasteiger partial charge < -0.3 is 4.74 Å². The lowest BCUT2D eigenvalue weighted by Crippen LogP contribution is -1.95. The molecule has 0 radical (unpaired) electrons. The van der Waals surface area contributed by atoms with Crippen LogP contribution in [-0.4, -0.2) is 4.92 Å². The Bertz CT molecular complexity index is 593. The maximum absolute atomic E-state index is 11.0. The van der Waals surface area contributed by atoms with Gasteiger partial charge in [-0.05, 0) is 37.1 Å². The Morgan fingerprint density at radius 1 is 1.06 bits per heavy atom. The summed E-state index contributed by atoms with van der Waals surface area (Å²) in [5.41, 5.74) is 1.75. The molecule has 2 aromatic carbocycles. The number of nitro benzene ring substituents is 1. The van der Waals surface area contributed by atoms with E-state index in [1.165, 1.54) is 6.07 Å². The number of hydrogen-bond acceptors (Lipinski definition) is 3. The van der Waals surface area contributed by atoms with E-state index in [-0.39, 0.29) is 11.4 Å². The van der Waals surface area contributed by atoms with Crippen LogP contribution in [0.25, 0.3) is 0 Å². The van der Waals surface area contributed by atoms with Gasteiger partial charge in [0.25, 0.3) is 0 Å². The summed E-state index contributed by atoms with van der Waals surface area (Å²) in [6.45, 7) is 3.71. The van der Waals surface area contributed by atoms with E-state index in [1.807, 2.05) is 32.0 Å². The molecule has 0 amide bonds. The molecule has 0 aliphatic rings. The molecule has 0 saturated carbocycles. The van der Waals surface area contributed by atoms with E-state index < -0.39 is 4.92 Å². The lowest BCUT2D eigenvalue weighted by Gasteiger charge is -2.08. The number of ether oxygens (including phenoxy) is 1. The Morgan fingerprint density at radius 3 is 2.44 bits per heavy atom. The van der Waals surface area contributed by atoms with Gasteiger partial charge in [-0.2, -0.15) is 0 Å². The van der Waals surface area contributed by atoms with E-state index in [4.69, 9.17) is 4.74 Å². The van der Waals surface area contributed by atoms with Crippen LogP contribution in [0.2, 0.25) is 0 Å². The molecule has 0 N–H and O–H groups in total. The molecule has 18 heavy (non-hydrogen) atoms. The number of benzene rings is 2. The summed E-state index contributed by atoms with van der Waals surface area (Å²) in [4.78, 5) is 10.5. The predicted molar refractivity (Wildman–Crippen MR) is 69.1 cm³/mol. The van der Waals surface area contributed by atoms with E-state index >= 15 is 0 Å². The van der Waals surface area contributed by atoms with Crippen molar-refractivity contribution >= 4 is 5.69 Å². The fourth-order valence-electron chi connectivity index (χ4n) is 1.65. The normalized spacial score (nSPS) is 10.1. The minimum Gasteiger partial charge on any atom is -0.450 e. The number of aryl methyl sites for hydroxylation is 2. The standard InChI is InChI=1S/C14H13NO3/c1-10-7-8-14(12(9-10)15(16)17)18-13-6-4-3-5-11(13)2/h3-9H,1-2H3. The van der Waals surface area contributed by atoms with Crippen LogP contribution < -0.4 is 4.74 Å². The van der Waals surface area contributed by atoms with Gasteiger partial charge in [-0.3, -0.25) is 10.1 Å².